The first kappa shape index (κ1) is 20.1. The van der Waals surface area contributed by atoms with Crippen LogP contribution >= 0.6 is 11.3 Å². The zero-order valence-electron chi connectivity index (χ0n) is 15.7. The number of nitrogens with zero attached hydrogens (tertiary/aromatic N) is 1. The van der Waals surface area contributed by atoms with Crippen LogP contribution in [0, 0.1) is 0 Å². The number of sulfonamides is 1. The van der Waals surface area contributed by atoms with E-state index in [-0.39, 0.29) is 16.2 Å². The second-order valence-corrected chi connectivity index (χ2v) is 9.48. The molecule has 3 aromatic rings. The Balaban J connectivity index is 1.75. The summed E-state index contributed by atoms with van der Waals surface area (Å²) >= 11 is 1.15. The zero-order chi connectivity index (χ0) is 20.1. The van der Waals surface area contributed by atoms with E-state index in [1.165, 1.54) is 0 Å². The molecule has 0 atom stereocenters. The third-order valence-corrected chi connectivity index (χ3v) is 7.00. The number of carbonyl (C=O) groups excluding carboxylic acids is 1. The number of benzene rings is 2. The Kier molecular flexibility index (Phi) is 6.16. The van der Waals surface area contributed by atoms with Gasteiger partial charge in [-0.05, 0) is 55.1 Å². The molecule has 146 valence electrons. The van der Waals surface area contributed by atoms with Gasteiger partial charge in [0.2, 0.25) is 0 Å². The Labute approximate surface area is 169 Å². The molecule has 0 saturated carbocycles. The van der Waals surface area contributed by atoms with Crippen LogP contribution in [-0.2, 0) is 16.6 Å². The summed E-state index contributed by atoms with van der Waals surface area (Å²) in [7, 11) is -3.60. The first-order valence-electron chi connectivity index (χ1n) is 8.88. The Hall–Kier alpha value is -2.64. The van der Waals surface area contributed by atoms with Crippen LogP contribution in [0.25, 0.3) is 0 Å². The van der Waals surface area contributed by atoms with Crippen molar-refractivity contribution in [1.29, 1.82) is 0 Å². The van der Waals surface area contributed by atoms with Gasteiger partial charge in [-0.2, -0.15) is 0 Å². The highest BCUT2D eigenvalue weighted by Gasteiger charge is 2.20. The van der Waals surface area contributed by atoms with Crippen LogP contribution in [0.15, 0.2) is 76.3 Å². The van der Waals surface area contributed by atoms with Gasteiger partial charge in [-0.3, -0.25) is 9.52 Å². The number of nitrogens with one attached hydrogen (secondary N) is 1. The number of amides is 1. The Morgan fingerprint density at radius 2 is 1.68 bits per heavy atom. The Morgan fingerprint density at radius 3 is 2.25 bits per heavy atom. The predicted molar refractivity (Wildman–Crippen MR) is 113 cm³/mol. The van der Waals surface area contributed by atoms with Crippen molar-refractivity contribution in [2.24, 2.45) is 0 Å². The molecule has 0 aliphatic carbocycles. The smallest absolute Gasteiger partial charge is 0.271 e. The van der Waals surface area contributed by atoms with Crippen LogP contribution in [0.5, 0.6) is 0 Å². The molecular weight excluding hydrogens is 392 g/mol. The van der Waals surface area contributed by atoms with Crippen LogP contribution in [0.3, 0.4) is 0 Å². The van der Waals surface area contributed by atoms with Crippen LogP contribution < -0.4 is 4.72 Å². The van der Waals surface area contributed by atoms with E-state index in [0.717, 1.165) is 16.9 Å². The molecule has 3 rings (SSSR count). The molecule has 0 bridgehead atoms. The van der Waals surface area contributed by atoms with Crippen molar-refractivity contribution in [3.63, 3.8) is 0 Å². The van der Waals surface area contributed by atoms with Crippen LogP contribution in [0.2, 0.25) is 0 Å². The first-order valence-corrected chi connectivity index (χ1v) is 11.2. The summed E-state index contributed by atoms with van der Waals surface area (Å²) in [5.74, 6) is -0.0912. The highest BCUT2D eigenvalue weighted by molar-refractivity contribution is 7.94. The monoisotopic (exact) mass is 414 g/mol. The summed E-state index contributed by atoms with van der Waals surface area (Å²) in [5.41, 5.74) is 2.00. The van der Waals surface area contributed by atoms with Gasteiger partial charge in [0.1, 0.15) is 4.21 Å². The minimum absolute atomic E-state index is 0.0321. The Morgan fingerprint density at radius 1 is 1.00 bits per heavy atom. The lowest BCUT2D eigenvalue weighted by atomic mass is 10.1. The molecule has 1 N–H and O–H groups in total. The van der Waals surface area contributed by atoms with E-state index in [0.29, 0.717) is 17.8 Å². The largest absolute Gasteiger partial charge is 0.332 e. The van der Waals surface area contributed by atoms with E-state index in [4.69, 9.17) is 0 Å². The van der Waals surface area contributed by atoms with Crippen molar-refractivity contribution >= 4 is 33.0 Å². The maximum atomic E-state index is 13.0. The number of carbonyl (C=O) groups is 1. The number of hydrogen-bond donors (Lipinski definition) is 1. The second kappa shape index (κ2) is 8.58. The number of rotatable bonds is 7. The summed E-state index contributed by atoms with van der Waals surface area (Å²) in [6.07, 6.45) is 0. The van der Waals surface area contributed by atoms with Gasteiger partial charge in [0.25, 0.3) is 15.9 Å². The van der Waals surface area contributed by atoms with E-state index in [2.05, 4.69) is 4.72 Å². The average Bonchev–Trinajstić information content (AvgIpc) is 3.22. The highest BCUT2D eigenvalue weighted by atomic mass is 32.2. The van der Waals surface area contributed by atoms with E-state index in [1.807, 2.05) is 44.2 Å². The van der Waals surface area contributed by atoms with Gasteiger partial charge >= 0.3 is 0 Å². The van der Waals surface area contributed by atoms with Gasteiger partial charge in [-0.15, -0.1) is 11.3 Å². The van der Waals surface area contributed by atoms with Gasteiger partial charge in [0.15, 0.2) is 0 Å². The van der Waals surface area contributed by atoms with Crippen molar-refractivity contribution in [1.82, 2.24) is 4.90 Å². The molecule has 2 aromatic carbocycles. The van der Waals surface area contributed by atoms with E-state index in [9.17, 15) is 13.2 Å². The van der Waals surface area contributed by atoms with Crippen LogP contribution in [-0.4, -0.2) is 25.3 Å². The van der Waals surface area contributed by atoms with Crippen molar-refractivity contribution < 1.29 is 13.2 Å². The Bertz CT molecular complexity index is 1010. The van der Waals surface area contributed by atoms with Gasteiger partial charge in [0.05, 0.1) is 0 Å². The van der Waals surface area contributed by atoms with Gasteiger partial charge in [-0.1, -0.05) is 36.4 Å². The molecule has 1 amide bonds. The molecule has 0 radical (unpaired) electrons. The van der Waals surface area contributed by atoms with Crippen LogP contribution in [0.4, 0.5) is 5.69 Å². The molecule has 1 heterocycles. The van der Waals surface area contributed by atoms with Crippen molar-refractivity contribution in [3.05, 3.63) is 83.2 Å². The molecular formula is C21H22N2O3S2. The highest BCUT2D eigenvalue weighted by Crippen LogP contribution is 2.21. The summed E-state index contributed by atoms with van der Waals surface area (Å²) < 4.78 is 27.4. The van der Waals surface area contributed by atoms with Gasteiger partial charge in [0, 0.05) is 23.8 Å². The van der Waals surface area contributed by atoms with Crippen molar-refractivity contribution in [2.45, 2.75) is 30.6 Å². The third kappa shape index (κ3) is 4.79. The zero-order valence-corrected chi connectivity index (χ0v) is 17.3. The molecule has 0 spiro atoms. The molecule has 0 fully saturated rings. The predicted octanol–water partition coefficient (Wildman–Crippen LogP) is 4.60. The summed E-state index contributed by atoms with van der Waals surface area (Å²) in [5, 5.41) is 1.71. The fourth-order valence-corrected chi connectivity index (χ4v) is 4.79. The molecule has 7 heteroatoms. The number of hydrogen-bond acceptors (Lipinski definition) is 4. The lowest BCUT2D eigenvalue weighted by Crippen LogP contribution is -2.36. The van der Waals surface area contributed by atoms with Gasteiger partial charge in [-0.25, -0.2) is 8.42 Å². The molecule has 0 saturated heterocycles. The quantitative estimate of drug-likeness (QED) is 0.614. The second-order valence-electron chi connectivity index (χ2n) is 6.63. The molecule has 0 unspecified atom stereocenters. The lowest BCUT2D eigenvalue weighted by Gasteiger charge is -2.27. The van der Waals surface area contributed by atoms with Gasteiger partial charge < -0.3 is 4.90 Å². The lowest BCUT2D eigenvalue weighted by molar-refractivity contribution is 0.0690. The molecule has 0 aliphatic rings. The average molecular weight is 415 g/mol. The molecule has 5 nitrogen and oxygen atoms in total. The first-order chi connectivity index (χ1) is 13.4. The topological polar surface area (TPSA) is 66.5 Å². The fraction of sp³-hybridized carbons (Fsp3) is 0.190. The van der Waals surface area contributed by atoms with Crippen LogP contribution in [0.1, 0.15) is 29.8 Å². The minimum Gasteiger partial charge on any atom is -0.332 e. The molecule has 0 aliphatic heterocycles. The number of anilines is 1. The standard InChI is InChI=1S/C21H22N2O3S2/c1-16(2)23(15-17-7-4-3-5-8-17)21(24)18-10-12-19(13-11-18)22-28(25,26)20-9-6-14-27-20/h3-14,16,22H,15H2,1-2H3. The fourth-order valence-electron chi connectivity index (χ4n) is 2.74. The summed E-state index contributed by atoms with van der Waals surface area (Å²) in [4.78, 5) is 14.8. The third-order valence-electron chi connectivity index (χ3n) is 4.22. The summed E-state index contributed by atoms with van der Waals surface area (Å²) in [6, 6.07) is 19.6. The van der Waals surface area contributed by atoms with E-state index in [1.54, 1.807) is 46.7 Å². The van der Waals surface area contributed by atoms with E-state index < -0.39 is 10.0 Å². The molecule has 1 aromatic heterocycles. The summed E-state index contributed by atoms with van der Waals surface area (Å²) in [6.45, 7) is 4.47. The van der Waals surface area contributed by atoms with E-state index >= 15 is 0 Å². The number of thiophene rings is 1. The van der Waals surface area contributed by atoms with Crippen molar-refractivity contribution in [3.8, 4) is 0 Å². The maximum Gasteiger partial charge on any atom is 0.271 e. The maximum absolute atomic E-state index is 13.0. The normalized spacial score (nSPS) is 11.4. The molecule has 28 heavy (non-hydrogen) atoms. The SMILES string of the molecule is CC(C)N(Cc1ccccc1)C(=O)c1ccc(NS(=O)(=O)c2cccs2)cc1. The van der Waals surface area contributed by atoms with Crippen molar-refractivity contribution in [2.75, 3.05) is 4.72 Å². The minimum atomic E-state index is -3.60.